The van der Waals surface area contributed by atoms with Gasteiger partial charge in [-0.1, -0.05) is 25.7 Å². The number of aliphatic hydroxyl groups excluding tert-OH is 1. The largest absolute Gasteiger partial charge is 0.461 e. The summed E-state index contributed by atoms with van der Waals surface area (Å²) in [5.74, 6) is -2.35. The summed E-state index contributed by atoms with van der Waals surface area (Å²) in [6.07, 6.45) is 6.93. The first kappa shape index (κ1) is 29.7. The maximum absolute atomic E-state index is 14.4. The van der Waals surface area contributed by atoms with Crippen molar-refractivity contribution in [3.8, 4) is 0 Å². The van der Waals surface area contributed by atoms with Crippen molar-refractivity contribution in [2.24, 2.45) is 11.8 Å². The second-order valence-corrected chi connectivity index (χ2v) is 11.1. The summed E-state index contributed by atoms with van der Waals surface area (Å²) in [6.45, 7) is 14.5. The second kappa shape index (κ2) is 12.9. The third-order valence-electron chi connectivity index (χ3n) is 9.02. The van der Waals surface area contributed by atoms with E-state index in [1.807, 2.05) is 6.92 Å². The normalized spacial score (nSPS) is 31.8. The van der Waals surface area contributed by atoms with Crippen molar-refractivity contribution in [3.05, 3.63) is 25.3 Å². The number of carbonyl (C=O) groups excluding carboxylic acids is 3. The van der Waals surface area contributed by atoms with E-state index in [4.69, 9.17) is 14.2 Å². The van der Waals surface area contributed by atoms with Crippen LogP contribution in [0.15, 0.2) is 25.3 Å². The summed E-state index contributed by atoms with van der Waals surface area (Å²) in [7, 11) is 0. The molecule has 0 aromatic rings. The molecule has 2 unspecified atom stereocenters. The van der Waals surface area contributed by atoms with Crippen molar-refractivity contribution in [1.29, 1.82) is 0 Å². The van der Waals surface area contributed by atoms with Gasteiger partial charge in [0, 0.05) is 45.9 Å². The number of rotatable bonds is 15. The Morgan fingerprint density at radius 3 is 2.59 bits per heavy atom. The fraction of sp³-hybridized carbons (Fsp3) is 0.759. The van der Waals surface area contributed by atoms with Crippen LogP contribution in [0.1, 0.15) is 45.4 Å². The molecule has 4 fully saturated rings. The zero-order valence-corrected chi connectivity index (χ0v) is 23.4. The predicted octanol–water partition coefficient (Wildman–Crippen LogP) is 1.38. The van der Waals surface area contributed by atoms with Gasteiger partial charge in [0.15, 0.2) is 0 Å². The van der Waals surface area contributed by atoms with Crippen LogP contribution in [-0.2, 0) is 28.6 Å². The van der Waals surface area contributed by atoms with E-state index < -0.39 is 35.0 Å². The number of ether oxygens (including phenoxy) is 3. The van der Waals surface area contributed by atoms with E-state index in [2.05, 4.69) is 18.1 Å². The number of morpholine rings is 1. The summed E-state index contributed by atoms with van der Waals surface area (Å²) >= 11 is 0. The first-order valence-electron chi connectivity index (χ1n) is 14.5. The van der Waals surface area contributed by atoms with Crippen molar-refractivity contribution in [1.82, 2.24) is 14.7 Å². The molecular weight excluding hydrogens is 502 g/mol. The van der Waals surface area contributed by atoms with E-state index in [0.29, 0.717) is 71.5 Å². The highest BCUT2D eigenvalue weighted by Crippen LogP contribution is 2.64. The van der Waals surface area contributed by atoms with Crippen LogP contribution in [0.5, 0.6) is 0 Å². The van der Waals surface area contributed by atoms with Crippen LogP contribution >= 0.6 is 0 Å². The molecular formula is C29H45N3O7. The lowest BCUT2D eigenvalue weighted by Gasteiger charge is -2.37. The van der Waals surface area contributed by atoms with Crippen molar-refractivity contribution >= 4 is 17.8 Å². The summed E-state index contributed by atoms with van der Waals surface area (Å²) in [6, 6.07) is -0.820. The third-order valence-corrected chi connectivity index (χ3v) is 9.02. The van der Waals surface area contributed by atoms with Crippen LogP contribution < -0.4 is 0 Å². The minimum atomic E-state index is -1.07. The fourth-order valence-corrected chi connectivity index (χ4v) is 7.11. The van der Waals surface area contributed by atoms with Gasteiger partial charge in [0.05, 0.1) is 24.7 Å². The molecule has 0 saturated carbocycles. The second-order valence-electron chi connectivity index (χ2n) is 11.1. The molecule has 4 aliphatic heterocycles. The van der Waals surface area contributed by atoms with Crippen LogP contribution in [0.25, 0.3) is 0 Å². The number of hydrogen-bond donors (Lipinski definition) is 1. The lowest BCUT2D eigenvalue weighted by molar-refractivity contribution is -0.161. The summed E-state index contributed by atoms with van der Waals surface area (Å²) in [4.78, 5) is 47.6. The smallest absolute Gasteiger partial charge is 0.313 e. The van der Waals surface area contributed by atoms with Gasteiger partial charge >= 0.3 is 5.97 Å². The van der Waals surface area contributed by atoms with Gasteiger partial charge in [-0.25, -0.2) is 0 Å². The average Bonchev–Trinajstić information content (AvgIpc) is 3.56. The molecule has 218 valence electrons. The van der Waals surface area contributed by atoms with Gasteiger partial charge in [-0.15, -0.1) is 6.58 Å². The number of unbranched alkanes of at least 4 members (excludes halogenated alkanes) is 2. The number of nitrogens with zero attached hydrogens (tertiary/aromatic N) is 3. The highest BCUT2D eigenvalue weighted by atomic mass is 16.6. The summed E-state index contributed by atoms with van der Waals surface area (Å²) in [5, 5.41) is 9.25. The Hall–Kier alpha value is -2.27. The molecule has 39 heavy (non-hydrogen) atoms. The Morgan fingerprint density at radius 1 is 1.15 bits per heavy atom. The number of carbonyl (C=O) groups is 3. The molecule has 0 aliphatic carbocycles. The number of esters is 1. The molecule has 0 radical (unpaired) electrons. The van der Waals surface area contributed by atoms with Gasteiger partial charge in [0.25, 0.3) is 0 Å². The van der Waals surface area contributed by atoms with Crippen LogP contribution in [0.3, 0.4) is 0 Å². The maximum Gasteiger partial charge on any atom is 0.313 e. The van der Waals surface area contributed by atoms with E-state index in [0.717, 1.165) is 19.5 Å². The molecule has 2 amide bonds. The molecule has 1 N–H and O–H groups in total. The minimum absolute atomic E-state index is 0.0604. The average molecular weight is 548 g/mol. The van der Waals surface area contributed by atoms with Crippen LogP contribution in [0, 0.1) is 11.8 Å². The SMILES string of the molecule is C=CCOC(=O)[C@H]1[C@H]2C(=O)N(CCCCCO)C(C(=O)N(CC=C)CCN3CCOCC3)C23CC[C@]1(CC)O3. The van der Waals surface area contributed by atoms with Gasteiger partial charge in [-0.2, -0.15) is 0 Å². The third kappa shape index (κ3) is 5.53. The zero-order chi connectivity index (χ0) is 28.0. The Balaban J connectivity index is 1.65. The quantitative estimate of drug-likeness (QED) is 0.186. The Bertz CT molecular complexity index is 923. The van der Waals surface area contributed by atoms with E-state index in [-0.39, 0.29) is 25.0 Å². The van der Waals surface area contributed by atoms with Crippen molar-refractivity contribution in [2.75, 3.05) is 65.7 Å². The van der Waals surface area contributed by atoms with E-state index in [9.17, 15) is 19.5 Å². The van der Waals surface area contributed by atoms with Gasteiger partial charge in [0.1, 0.15) is 24.2 Å². The molecule has 1 spiro atoms. The zero-order valence-electron chi connectivity index (χ0n) is 23.4. The first-order valence-corrected chi connectivity index (χ1v) is 14.5. The summed E-state index contributed by atoms with van der Waals surface area (Å²) in [5.41, 5.74) is -1.89. The Labute approximate surface area is 231 Å². The van der Waals surface area contributed by atoms with E-state index in [1.54, 1.807) is 15.9 Å². The number of likely N-dealkylation sites (tertiary alicyclic amines) is 1. The van der Waals surface area contributed by atoms with E-state index >= 15 is 0 Å². The van der Waals surface area contributed by atoms with Crippen molar-refractivity contribution < 1.29 is 33.7 Å². The van der Waals surface area contributed by atoms with Gasteiger partial charge in [-0.3, -0.25) is 19.3 Å². The minimum Gasteiger partial charge on any atom is -0.461 e. The van der Waals surface area contributed by atoms with Crippen molar-refractivity contribution in [3.63, 3.8) is 0 Å². The Morgan fingerprint density at radius 2 is 1.92 bits per heavy atom. The molecule has 5 atom stereocenters. The molecule has 10 nitrogen and oxygen atoms in total. The standard InChI is InChI=1S/C29H45N3O7/c1-4-12-31(15-14-30-16-20-37-21-17-30)26(35)24-29-11-10-28(6-3,39-29)23(27(36)38-19-5-2)22(29)25(34)32(24)13-8-7-9-18-33/h4-5,22-24,33H,1-2,6-21H2,3H3/t22-,23+,24?,28-,29?/m0/s1. The lowest BCUT2D eigenvalue weighted by atomic mass is 9.65. The number of amides is 2. The predicted molar refractivity (Wildman–Crippen MR) is 145 cm³/mol. The van der Waals surface area contributed by atoms with Gasteiger partial charge < -0.3 is 29.1 Å². The Kier molecular flexibility index (Phi) is 9.85. The number of fused-ring (bicyclic) bond motifs is 1. The highest BCUT2D eigenvalue weighted by molar-refractivity contribution is 5.98. The van der Waals surface area contributed by atoms with Crippen molar-refractivity contribution in [2.45, 2.75) is 62.7 Å². The van der Waals surface area contributed by atoms with E-state index in [1.165, 1.54) is 6.08 Å². The van der Waals surface area contributed by atoms with Crippen LogP contribution in [0.2, 0.25) is 0 Å². The molecule has 4 heterocycles. The van der Waals surface area contributed by atoms with Crippen LogP contribution in [-0.4, -0.2) is 121 Å². The monoisotopic (exact) mass is 547 g/mol. The topological polar surface area (TPSA) is 109 Å². The molecule has 10 heteroatoms. The van der Waals surface area contributed by atoms with Crippen LogP contribution in [0.4, 0.5) is 0 Å². The molecule has 0 aromatic heterocycles. The first-order chi connectivity index (χ1) is 18.9. The van der Waals surface area contributed by atoms with Gasteiger partial charge in [0.2, 0.25) is 11.8 Å². The molecule has 2 bridgehead atoms. The number of aliphatic hydroxyl groups is 1. The summed E-state index contributed by atoms with van der Waals surface area (Å²) < 4.78 is 17.7. The number of hydrogen-bond acceptors (Lipinski definition) is 8. The van der Waals surface area contributed by atoms with Gasteiger partial charge in [-0.05, 0) is 38.5 Å². The fourth-order valence-electron chi connectivity index (χ4n) is 7.11. The molecule has 4 rings (SSSR count). The maximum atomic E-state index is 14.4. The highest BCUT2D eigenvalue weighted by Gasteiger charge is 2.79. The lowest BCUT2D eigenvalue weighted by Crippen LogP contribution is -2.57. The molecule has 4 aliphatic rings. The molecule has 0 aromatic carbocycles. The molecule has 4 saturated heterocycles.